The molecule has 0 spiro atoms. The predicted molar refractivity (Wildman–Crippen MR) is 120 cm³/mol. The van der Waals surface area contributed by atoms with Crippen molar-refractivity contribution in [2.45, 2.75) is 26.8 Å². The Bertz CT molecular complexity index is 1400. The Balaban J connectivity index is 1.77. The van der Waals surface area contributed by atoms with Gasteiger partial charge in [0.25, 0.3) is 5.91 Å². The molecule has 0 saturated heterocycles. The van der Waals surface area contributed by atoms with Crippen LogP contribution < -0.4 is 15.1 Å². The lowest BCUT2D eigenvalue weighted by Crippen LogP contribution is -2.31. The first kappa shape index (κ1) is 19.9. The molecule has 160 valence electrons. The zero-order chi connectivity index (χ0) is 22.4. The molecule has 1 aliphatic heterocycles. The number of carbonyl (C=O) groups is 1. The van der Waals surface area contributed by atoms with Crippen LogP contribution in [0.25, 0.3) is 11.0 Å². The molecular weight excluding hydrogens is 406 g/mol. The molecule has 1 atom stereocenters. The van der Waals surface area contributed by atoms with Crippen LogP contribution in [-0.4, -0.2) is 22.5 Å². The molecule has 7 nitrogen and oxygen atoms in total. The van der Waals surface area contributed by atoms with Gasteiger partial charge in [-0.05, 0) is 67.8 Å². The Morgan fingerprint density at radius 3 is 2.41 bits per heavy atom. The maximum Gasteiger partial charge on any atom is 0.297 e. The highest BCUT2D eigenvalue weighted by Gasteiger charge is 2.44. The molecule has 0 aliphatic carbocycles. The molecule has 32 heavy (non-hydrogen) atoms. The normalized spacial score (nSPS) is 15.3. The van der Waals surface area contributed by atoms with Crippen molar-refractivity contribution in [1.82, 2.24) is 9.97 Å². The number of carbonyl (C=O) groups excluding carboxylic acids is 1. The fourth-order valence-corrected chi connectivity index (χ4v) is 4.08. The molecule has 1 aliphatic rings. The molecule has 0 fully saturated rings. The zero-order valence-electron chi connectivity index (χ0n) is 18.0. The third kappa shape index (κ3) is 3.05. The molecular formula is C25H21N3O4. The molecule has 1 amide bonds. The highest BCUT2D eigenvalue weighted by molar-refractivity contribution is 6.09. The summed E-state index contributed by atoms with van der Waals surface area (Å²) in [6, 6.07) is 11.9. The van der Waals surface area contributed by atoms with Crippen molar-refractivity contribution in [3.05, 3.63) is 93.1 Å². The van der Waals surface area contributed by atoms with Crippen LogP contribution >= 0.6 is 0 Å². The number of fused-ring (bicyclic) bond motifs is 2. The Hall–Kier alpha value is -4.00. The first-order chi connectivity index (χ1) is 15.5. The van der Waals surface area contributed by atoms with Crippen LogP contribution in [0.3, 0.4) is 0 Å². The lowest BCUT2D eigenvalue weighted by atomic mass is 9.97. The lowest BCUT2D eigenvalue weighted by molar-refractivity contribution is 0.0969. The second-order valence-electron chi connectivity index (χ2n) is 7.74. The van der Waals surface area contributed by atoms with Gasteiger partial charge in [0.05, 0.1) is 23.6 Å². The summed E-state index contributed by atoms with van der Waals surface area (Å²) in [6.07, 6.45) is 3.12. The summed E-state index contributed by atoms with van der Waals surface area (Å²) >= 11 is 0. The van der Waals surface area contributed by atoms with Crippen molar-refractivity contribution in [2.24, 2.45) is 0 Å². The minimum Gasteiger partial charge on any atom is -0.494 e. The van der Waals surface area contributed by atoms with Crippen LogP contribution in [-0.2, 0) is 0 Å². The van der Waals surface area contributed by atoms with Crippen molar-refractivity contribution in [3.63, 3.8) is 0 Å². The molecule has 0 N–H and O–H groups in total. The molecule has 5 rings (SSSR count). The molecule has 0 bridgehead atoms. The average Bonchev–Trinajstić information content (AvgIpc) is 3.09. The van der Waals surface area contributed by atoms with Gasteiger partial charge in [-0.2, -0.15) is 0 Å². The Kier molecular flexibility index (Phi) is 4.74. The van der Waals surface area contributed by atoms with Crippen LogP contribution in [0.1, 0.15) is 45.8 Å². The van der Waals surface area contributed by atoms with Gasteiger partial charge >= 0.3 is 0 Å². The van der Waals surface area contributed by atoms with Crippen LogP contribution in [0.15, 0.2) is 64.1 Å². The van der Waals surface area contributed by atoms with Gasteiger partial charge in [-0.1, -0.05) is 12.1 Å². The summed E-state index contributed by atoms with van der Waals surface area (Å²) < 4.78 is 11.6. The fraction of sp³-hybridized carbons (Fsp3) is 0.200. The van der Waals surface area contributed by atoms with Gasteiger partial charge < -0.3 is 9.15 Å². The first-order valence-corrected chi connectivity index (χ1v) is 10.4. The monoisotopic (exact) mass is 427 g/mol. The molecule has 3 heterocycles. The van der Waals surface area contributed by atoms with E-state index in [1.807, 2.05) is 51.1 Å². The minimum absolute atomic E-state index is 0.0251. The number of hydrogen-bond donors (Lipinski definition) is 0. The summed E-state index contributed by atoms with van der Waals surface area (Å²) in [7, 11) is 0. The number of rotatable bonds is 4. The molecule has 1 unspecified atom stereocenters. The van der Waals surface area contributed by atoms with Crippen molar-refractivity contribution in [3.8, 4) is 5.75 Å². The number of benzene rings is 2. The number of amides is 1. The van der Waals surface area contributed by atoms with Gasteiger partial charge in [0, 0.05) is 12.4 Å². The van der Waals surface area contributed by atoms with E-state index in [1.165, 1.54) is 4.90 Å². The number of hydrogen-bond acceptors (Lipinski definition) is 6. The van der Waals surface area contributed by atoms with Crippen molar-refractivity contribution < 1.29 is 13.9 Å². The van der Waals surface area contributed by atoms with Crippen LogP contribution in [0.4, 0.5) is 5.95 Å². The van der Waals surface area contributed by atoms with E-state index >= 15 is 0 Å². The van der Waals surface area contributed by atoms with Gasteiger partial charge in [0.15, 0.2) is 5.43 Å². The largest absolute Gasteiger partial charge is 0.494 e. The van der Waals surface area contributed by atoms with E-state index in [0.29, 0.717) is 28.9 Å². The lowest BCUT2D eigenvalue weighted by Gasteiger charge is -2.23. The highest BCUT2D eigenvalue weighted by atomic mass is 16.5. The fourth-order valence-electron chi connectivity index (χ4n) is 4.08. The molecule has 7 heteroatoms. The number of nitrogens with zero attached hydrogens (tertiary/aromatic N) is 3. The van der Waals surface area contributed by atoms with Crippen LogP contribution in [0.5, 0.6) is 5.75 Å². The maximum absolute atomic E-state index is 13.7. The zero-order valence-corrected chi connectivity index (χ0v) is 18.0. The number of aryl methyl sites for hydroxylation is 2. The van der Waals surface area contributed by atoms with E-state index in [-0.39, 0.29) is 17.1 Å². The van der Waals surface area contributed by atoms with Gasteiger partial charge in [0.1, 0.15) is 11.3 Å². The average molecular weight is 427 g/mol. The summed E-state index contributed by atoms with van der Waals surface area (Å²) in [5.41, 5.74) is 3.17. The quantitative estimate of drug-likeness (QED) is 0.481. The molecule has 0 saturated carbocycles. The Morgan fingerprint density at radius 1 is 1.03 bits per heavy atom. The molecule has 0 radical (unpaired) electrons. The second kappa shape index (κ2) is 7.60. The molecule has 2 aromatic carbocycles. The first-order valence-electron chi connectivity index (χ1n) is 10.4. The van der Waals surface area contributed by atoms with E-state index in [0.717, 1.165) is 16.7 Å². The van der Waals surface area contributed by atoms with E-state index in [1.54, 1.807) is 24.5 Å². The topological polar surface area (TPSA) is 85.5 Å². The van der Waals surface area contributed by atoms with E-state index in [2.05, 4.69) is 9.97 Å². The third-order valence-electron chi connectivity index (χ3n) is 5.76. The van der Waals surface area contributed by atoms with Gasteiger partial charge in [-0.3, -0.25) is 14.5 Å². The predicted octanol–water partition coefficient (Wildman–Crippen LogP) is 4.35. The summed E-state index contributed by atoms with van der Waals surface area (Å²) in [5, 5.41) is 0.450. The maximum atomic E-state index is 13.7. The smallest absolute Gasteiger partial charge is 0.297 e. The van der Waals surface area contributed by atoms with Crippen molar-refractivity contribution >= 4 is 22.8 Å². The third-order valence-corrected chi connectivity index (χ3v) is 5.76. The minimum atomic E-state index is -0.710. The van der Waals surface area contributed by atoms with Crippen molar-refractivity contribution in [1.29, 1.82) is 0 Å². The number of anilines is 1. The van der Waals surface area contributed by atoms with E-state index in [9.17, 15) is 9.59 Å². The standard InChI is InChI=1S/C25H21N3O4/c1-4-31-17-8-6-16(7-9-17)21-20-22(29)18-12-14(2)15(3)13-19(18)32-23(20)24(30)28(21)25-26-10-5-11-27-25/h5-13,21H,4H2,1-3H3. The van der Waals surface area contributed by atoms with Crippen LogP contribution in [0, 0.1) is 13.8 Å². The second-order valence-corrected chi connectivity index (χ2v) is 7.74. The Morgan fingerprint density at radius 2 is 1.72 bits per heavy atom. The SMILES string of the molecule is CCOc1ccc(C2c3c(oc4cc(C)c(C)cc4c3=O)C(=O)N2c2ncccn2)cc1. The highest BCUT2D eigenvalue weighted by Crippen LogP contribution is 2.40. The van der Waals surface area contributed by atoms with Gasteiger partial charge in [0.2, 0.25) is 11.7 Å². The summed E-state index contributed by atoms with van der Waals surface area (Å²) in [4.78, 5) is 37.1. The summed E-state index contributed by atoms with van der Waals surface area (Å²) in [5.74, 6) is 0.498. The van der Waals surface area contributed by atoms with Gasteiger partial charge in [-0.25, -0.2) is 9.97 Å². The van der Waals surface area contributed by atoms with E-state index < -0.39 is 11.9 Å². The van der Waals surface area contributed by atoms with Crippen LogP contribution in [0.2, 0.25) is 0 Å². The van der Waals surface area contributed by atoms with Crippen molar-refractivity contribution in [2.75, 3.05) is 11.5 Å². The molecule has 2 aromatic heterocycles. The van der Waals surface area contributed by atoms with E-state index in [4.69, 9.17) is 9.15 Å². The molecule has 4 aromatic rings. The summed E-state index contributed by atoms with van der Waals surface area (Å²) in [6.45, 7) is 6.34. The number of ether oxygens (including phenoxy) is 1. The van der Waals surface area contributed by atoms with Gasteiger partial charge in [-0.15, -0.1) is 0 Å². The Labute approximate surface area is 184 Å². The number of aromatic nitrogens is 2.